The van der Waals surface area contributed by atoms with Gasteiger partial charge in [0.25, 0.3) is 0 Å². The zero-order valence-corrected chi connectivity index (χ0v) is 30.1. The Morgan fingerprint density at radius 3 is 1.48 bits per heavy atom. The highest BCUT2D eigenvalue weighted by molar-refractivity contribution is 5.73. The third kappa shape index (κ3) is 10.6. The first-order valence-corrected chi connectivity index (χ1v) is 17.6. The molecule has 4 heterocycles. The molecule has 0 spiro atoms. The van der Waals surface area contributed by atoms with E-state index in [0.29, 0.717) is 0 Å². The van der Waals surface area contributed by atoms with Gasteiger partial charge in [-0.3, -0.25) is 9.59 Å². The summed E-state index contributed by atoms with van der Waals surface area (Å²) in [6.45, 7) is -1.64. The summed E-state index contributed by atoms with van der Waals surface area (Å²) in [7, 11) is 0. The van der Waals surface area contributed by atoms with E-state index in [9.17, 15) is 65.8 Å². The molecule has 26 heteroatoms. The number of aliphatic hydroxyl groups is 11. The molecule has 0 aromatic rings. The van der Waals surface area contributed by atoms with Gasteiger partial charge in [-0.2, -0.15) is 0 Å². The van der Waals surface area contributed by atoms with Gasteiger partial charge in [0.05, 0.1) is 33.0 Å². The van der Waals surface area contributed by atoms with Crippen molar-refractivity contribution in [3.8, 4) is 0 Å². The largest absolute Gasteiger partial charge is 0.394 e. The molecule has 4 aliphatic rings. The molecule has 0 unspecified atom stereocenters. The van der Waals surface area contributed by atoms with Crippen molar-refractivity contribution >= 4 is 11.8 Å². The maximum absolute atomic E-state index is 12.3. The van der Waals surface area contributed by atoms with E-state index in [1.807, 2.05) is 0 Å². The summed E-state index contributed by atoms with van der Waals surface area (Å²) in [4.78, 5) is 26.9. The number of rotatable bonds is 16. The number of aliphatic hydroxyl groups excluding tert-OH is 11. The molecule has 4 fully saturated rings. The highest BCUT2D eigenvalue weighted by Crippen LogP contribution is 2.34. The van der Waals surface area contributed by atoms with Crippen LogP contribution in [0.1, 0.15) is 13.8 Å². The first-order valence-electron chi connectivity index (χ1n) is 17.6. The van der Waals surface area contributed by atoms with E-state index in [1.54, 1.807) is 0 Å². The molecular formula is C30H51N5O21. The molecule has 0 saturated carbocycles. The van der Waals surface area contributed by atoms with Crippen LogP contribution in [0.5, 0.6) is 0 Å². The minimum absolute atomic E-state index is 0.146. The molecule has 2 amide bonds. The average molecular weight is 818 g/mol. The molecular weight excluding hydrogens is 766 g/mol. The predicted octanol–water partition coefficient (Wildman–Crippen LogP) is -8.13. The zero-order chi connectivity index (χ0) is 41.4. The fourth-order valence-electron chi connectivity index (χ4n) is 6.73. The van der Waals surface area contributed by atoms with Crippen LogP contribution in [0.2, 0.25) is 0 Å². The van der Waals surface area contributed by atoms with Crippen molar-refractivity contribution in [2.75, 3.05) is 39.6 Å². The van der Waals surface area contributed by atoms with Gasteiger partial charge in [-0.05, 0) is 5.53 Å². The highest BCUT2D eigenvalue weighted by atomic mass is 16.8. The fourth-order valence-corrected chi connectivity index (χ4v) is 6.73. The lowest BCUT2D eigenvalue weighted by Gasteiger charge is -2.50. The summed E-state index contributed by atoms with van der Waals surface area (Å²) in [5.41, 5.74) is 8.53. The number of carbonyl (C=O) groups is 2. The molecule has 4 saturated heterocycles. The summed E-state index contributed by atoms with van der Waals surface area (Å²) < 4.78 is 45.4. The minimum atomic E-state index is -2.05. The van der Waals surface area contributed by atoms with Gasteiger partial charge in [0.2, 0.25) is 11.8 Å². The normalized spacial score (nSPS) is 44.4. The maximum Gasteiger partial charge on any atom is 0.217 e. The van der Waals surface area contributed by atoms with Crippen molar-refractivity contribution in [1.29, 1.82) is 0 Å². The number of carbonyl (C=O) groups excluding carboxylic acids is 2. The predicted molar refractivity (Wildman–Crippen MR) is 175 cm³/mol. The van der Waals surface area contributed by atoms with Gasteiger partial charge in [-0.25, -0.2) is 0 Å². The first-order chi connectivity index (χ1) is 26.6. The first kappa shape index (κ1) is 46.2. The molecule has 4 rings (SSSR count). The Balaban J connectivity index is 1.56. The van der Waals surface area contributed by atoms with Crippen LogP contribution in [0.4, 0.5) is 0 Å². The smallest absolute Gasteiger partial charge is 0.217 e. The molecule has 20 atom stereocenters. The Hall–Kier alpha value is -2.51. The quantitative estimate of drug-likeness (QED) is 0.0298. The Labute approximate surface area is 318 Å². The molecule has 322 valence electrons. The van der Waals surface area contributed by atoms with E-state index in [4.69, 9.17) is 43.4 Å². The fraction of sp³-hybridized carbons (Fsp3) is 0.933. The summed E-state index contributed by atoms with van der Waals surface area (Å²) in [6.07, 6.45) is -31.2. The lowest BCUT2D eigenvalue weighted by Crippen LogP contribution is -2.70. The van der Waals surface area contributed by atoms with E-state index in [-0.39, 0.29) is 13.2 Å². The standard InChI is InChI=1S/C30H51N5O21/c1-9(40)33-15-19(44)24(13(7-38)52-27(15)49-4-3-32-35-31)55-30-23(48)26(18(43)12(6-37)51-30)56-28-16(34-10(2)41)20(45)25(14(8-39)53-28)54-29-22(47)21(46)17(42)11(5-36)50-29/h11-30,36-39,42-48H,3-8H2,1-2H3,(H,33,40)(H,34,41)/t11-,12-,13-,14-,15-,16-,17+,18+,19-,20-,21+,22-,23-,24-,25-,26+,27-,28+,29+,30+/m1/s1. The van der Waals surface area contributed by atoms with Crippen molar-refractivity contribution in [3.05, 3.63) is 10.4 Å². The SMILES string of the molecule is CC(=O)N[C@H]1[C@H](O[C@H]2[C@@H](O)[C@@H](CO)O[C@@H](O[C@H]3[C@H](O)[C@@H](NC(C)=O)[C@H](OCCN=[N+]=[N-])O[C@@H]3CO)[C@@H]2O)O[C@H](CO)[C@@H](O[C@@H]2O[C@H](CO)[C@H](O)[C@H](O)[C@H]2O)[C@@H]1O. The average Bonchev–Trinajstić information content (AvgIpc) is 3.16. The topological polar surface area (TPSA) is 403 Å². The van der Waals surface area contributed by atoms with Gasteiger partial charge >= 0.3 is 0 Å². The molecule has 0 bridgehead atoms. The second-order valence-corrected chi connectivity index (χ2v) is 13.4. The van der Waals surface area contributed by atoms with Gasteiger partial charge in [-0.1, -0.05) is 5.11 Å². The van der Waals surface area contributed by atoms with Crippen molar-refractivity contribution in [3.63, 3.8) is 0 Å². The summed E-state index contributed by atoms with van der Waals surface area (Å²) in [5.74, 6) is -1.41. The van der Waals surface area contributed by atoms with E-state index in [0.717, 1.165) is 13.8 Å². The Morgan fingerprint density at radius 2 is 1.00 bits per heavy atom. The van der Waals surface area contributed by atoms with Crippen LogP contribution in [0, 0.1) is 0 Å². The second kappa shape index (κ2) is 21.0. The van der Waals surface area contributed by atoms with Crippen molar-refractivity contribution in [2.45, 2.75) is 137 Å². The lowest BCUT2D eigenvalue weighted by molar-refractivity contribution is -0.377. The summed E-state index contributed by atoms with van der Waals surface area (Å²) >= 11 is 0. The zero-order valence-electron chi connectivity index (χ0n) is 30.1. The number of azide groups is 1. The third-order valence-electron chi connectivity index (χ3n) is 9.53. The van der Waals surface area contributed by atoms with Crippen molar-refractivity contribution in [2.24, 2.45) is 5.11 Å². The van der Waals surface area contributed by atoms with Crippen LogP contribution in [0.25, 0.3) is 10.4 Å². The molecule has 0 aromatic carbocycles. The number of hydrogen-bond donors (Lipinski definition) is 13. The molecule has 56 heavy (non-hydrogen) atoms. The van der Waals surface area contributed by atoms with Gasteiger partial charge in [0, 0.05) is 25.3 Å². The van der Waals surface area contributed by atoms with E-state index >= 15 is 0 Å². The monoisotopic (exact) mass is 817 g/mol. The van der Waals surface area contributed by atoms with Gasteiger partial charge in [0.15, 0.2) is 25.2 Å². The van der Waals surface area contributed by atoms with Crippen LogP contribution in [-0.2, 0) is 47.5 Å². The van der Waals surface area contributed by atoms with Gasteiger partial charge in [0.1, 0.15) is 97.5 Å². The summed E-state index contributed by atoms with van der Waals surface area (Å²) in [5, 5.41) is 124. The van der Waals surface area contributed by atoms with Gasteiger partial charge in [-0.15, -0.1) is 0 Å². The number of nitrogens with zero attached hydrogens (tertiary/aromatic N) is 3. The Kier molecular flexibility index (Phi) is 17.3. The highest BCUT2D eigenvalue weighted by Gasteiger charge is 2.56. The maximum atomic E-state index is 12.3. The molecule has 0 aliphatic carbocycles. The van der Waals surface area contributed by atoms with Crippen molar-refractivity contribution < 1.29 is 104 Å². The Morgan fingerprint density at radius 1 is 0.571 bits per heavy atom. The summed E-state index contributed by atoms with van der Waals surface area (Å²) in [6, 6.07) is -3.00. The number of amides is 2. The van der Waals surface area contributed by atoms with Crippen LogP contribution in [0.15, 0.2) is 5.11 Å². The number of ether oxygens (including phenoxy) is 8. The Bertz CT molecular complexity index is 1320. The van der Waals surface area contributed by atoms with E-state index in [2.05, 4.69) is 20.7 Å². The number of nitrogens with one attached hydrogen (secondary N) is 2. The van der Waals surface area contributed by atoms with E-state index in [1.165, 1.54) is 0 Å². The molecule has 13 N–H and O–H groups in total. The number of hydrogen-bond acceptors (Lipinski definition) is 22. The molecule has 0 radical (unpaired) electrons. The van der Waals surface area contributed by atoms with Crippen molar-refractivity contribution in [1.82, 2.24) is 10.6 Å². The molecule has 0 aromatic heterocycles. The van der Waals surface area contributed by atoms with Crippen LogP contribution < -0.4 is 10.6 Å². The van der Waals surface area contributed by atoms with Gasteiger partial charge < -0.3 is 105 Å². The molecule has 26 nitrogen and oxygen atoms in total. The van der Waals surface area contributed by atoms with E-state index < -0.39 is 161 Å². The van der Waals surface area contributed by atoms with Crippen LogP contribution in [0.3, 0.4) is 0 Å². The van der Waals surface area contributed by atoms with Crippen LogP contribution in [-0.4, -0.2) is 230 Å². The lowest BCUT2D eigenvalue weighted by atomic mass is 9.94. The second-order valence-electron chi connectivity index (χ2n) is 13.4. The molecule has 4 aliphatic heterocycles. The van der Waals surface area contributed by atoms with Crippen LogP contribution >= 0.6 is 0 Å². The third-order valence-corrected chi connectivity index (χ3v) is 9.53. The minimum Gasteiger partial charge on any atom is -0.394 e.